The van der Waals surface area contributed by atoms with Crippen LogP contribution in [0.5, 0.6) is 0 Å². The molecular formula is C12H16N2. The first-order valence-corrected chi connectivity index (χ1v) is 4.95. The monoisotopic (exact) mass is 188 g/mol. The van der Waals surface area contributed by atoms with Gasteiger partial charge in [-0.1, -0.05) is 24.3 Å². The predicted octanol–water partition coefficient (Wildman–Crippen LogP) is 3.49. The zero-order chi connectivity index (χ0) is 10.5. The largest absolute Gasteiger partial charge is 0.198 e. The number of nitriles is 2. The van der Waals surface area contributed by atoms with E-state index in [1.165, 1.54) is 0 Å². The Balaban J connectivity index is 3.21. The molecular weight excluding hydrogens is 172 g/mol. The van der Waals surface area contributed by atoms with Crippen LogP contribution in [-0.2, 0) is 0 Å². The molecule has 0 aliphatic rings. The molecule has 0 atom stereocenters. The highest BCUT2D eigenvalue weighted by atomic mass is 14.2. The maximum atomic E-state index is 8.27. The van der Waals surface area contributed by atoms with Crippen LogP contribution in [0.2, 0.25) is 0 Å². The van der Waals surface area contributed by atoms with Crippen molar-refractivity contribution >= 4 is 0 Å². The van der Waals surface area contributed by atoms with Crippen LogP contribution >= 0.6 is 0 Å². The van der Waals surface area contributed by atoms with Crippen LogP contribution in [0.15, 0.2) is 24.3 Å². The summed E-state index contributed by atoms with van der Waals surface area (Å²) in [6.45, 7) is 0. The first kappa shape index (κ1) is 12.5. The van der Waals surface area contributed by atoms with E-state index in [0.717, 1.165) is 25.7 Å². The van der Waals surface area contributed by atoms with Crippen LogP contribution in [0.1, 0.15) is 38.5 Å². The molecule has 0 aliphatic carbocycles. The van der Waals surface area contributed by atoms with Crippen molar-refractivity contribution in [3.63, 3.8) is 0 Å². The Morgan fingerprint density at radius 3 is 1.36 bits per heavy atom. The minimum absolute atomic E-state index is 0.606. The third-order valence-corrected chi connectivity index (χ3v) is 1.68. The molecule has 0 amide bonds. The zero-order valence-electron chi connectivity index (χ0n) is 8.45. The second kappa shape index (κ2) is 11.5. The summed E-state index contributed by atoms with van der Waals surface area (Å²) >= 11 is 0. The summed E-state index contributed by atoms with van der Waals surface area (Å²) in [5.74, 6) is 0. The van der Waals surface area contributed by atoms with Gasteiger partial charge in [0.15, 0.2) is 0 Å². The molecule has 0 saturated carbocycles. The standard InChI is InChI=1S/C12H16N2/c13-11-9-7-5-3-1-2-4-6-8-10-12-14/h3-6H,1-2,7-10H2/b5-3+,6-4+. The van der Waals surface area contributed by atoms with Gasteiger partial charge in [-0.25, -0.2) is 0 Å². The smallest absolute Gasteiger partial charge is 0.0624 e. The first-order chi connectivity index (χ1) is 6.91. The topological polar surface area (TPSA) is 47.6 Å². The number of nitrogens with zero attached hydrogens (tertiary/aromatic N) is 2. The number of rotatable bonds is 7. The van der Waals surface area contributed by atoms with Gasteiger partial charge in [0, 0.05) is 12.8 Å². The van der Waals surface area contributed by atoms with Crippen molar-refractivity contribution in [1.82, 2.24) is 0 Å². The highest BCUT2D eigenvalue weighted by Gasteiger charge is 1.80. The average Bonchev–Trinajstić information content (AvgIpc) is 2.21. The van der Waals surface area contributed by atoms with Crippen LogP contribution in [0, 0.1) is 22.7 Å². The molecule has 2 heteroatoms. The zero-order valence-corrected chi connectivity index (χ0v) is 8.45. The van der Waals surface area contributed by atoms with Crippen molar-refractivity contribution in [2.45, 2.75) is 38.5 Å². The summed E-state index contributed by atoms with van der Waals surface area (Å²) in [5.41, 5.74) is 0. The Morgan fingerprint density at radius 2 is 1.00 bits per heavy atom. The summed E-state index contributed by atoms with van der Waals surface area (Å²) in [4.78, 5) is 0. The van der Waals surface area contributed by atoms with Crippen molar-refractivity contribution in [2.75, 3.05) is 0 Å². The fourth-order valence-electron chi connectivity index (χ4n) is 0.960. The van der Waals surface area contributed by atoms with Gasteiger partial charge in [-0.2, -0.15) is 10.5 Å². The molecule has 14 heavy (non-hydrogen) atoms. The van der Waals surface area contributed by atoms with Gasteiger partial charge in [0.05, 0.1) is 12.1 Å². The predicted molar refractivity (Wildman–Crippen MR) is 57.2 cm³/mol. The lowest BCUT2D eigenvalue weighted by Crippen LogP contribution is -1.68. The van der Waals surface area contributed by atoms with Gasteiger partial charge in [0.2, 0.25) is 0 Å². The van der Waals surface area contributed by atoms with Crippen molar-refractivity contribution in [2.24, 2.45) is 0 Å². The third kappa shape index (κ3) is 10.5. The SMILES string of the molecule is N#CCC/C=C/CC/C=C/CCC#N. The van der Waals surface area contributed by atoms with Crippen LogP contribution in [0.25, 0.3) is 0 Å². The molecule has 0 saturated heterocycles. The number of hydrogen-bond acceptors (Lipinski definition) is 2. The van der Waals surface area contributed by atoms with Gasteiger partial charge in [-0.05, 0) is 25.7 Å². The van der Waals surface area contributed by atoms with E-state index in [2.05, 4.69) is 24.3 Å². The molecule has 0 radical (unpaired) electrons. The molecule has 0 unspecified atom stereocenters. The second-order valence-electron chi connectivity index (χ2n) is 2.91. The van der Waals surface area contributed by atoms with Gasteiger partial charge in [-0.15, -0.1) is 0 Å². The van der Waals surface area contributed by atoms with Gasteiger partial charge < -0.3 is 0 Å². The molecule has 2 nitrogen and oxygen atoms in total. The lowest BCUT2D eigenvalue weighted by atomic mass is 10.2. The first-order valence-electron chi connectivity index (χ1n) is 4.95. The van der Waals surface area contributed by atoms with Crippen LogP contribution in [-0.4, -0.2) is 0 Å². The highest BCUT2D eigenvalue weighted by Crippen LogP contribution is 1.97. The fraction of sp³-hybridized carbons (Fsp3) is 0.500. The number of hydrogen-bond donors (Lipinski definition) is 0. The Kier molecular flexibility index (Phi) is 10.2. The fourth-order valence-corrected chi connectivity index (χ4v) is 0.960. The van der Waals surface area contributed by atoms with Crippen LogP contribution < -0.4 is 0 Å². The summed E-state index contributed by atoms with van der Waals surface area (Å²) in [6.07, 6.45) is 13.3. The van der Waals surface area contributed by atoms with E-state index in [0.29, 0.717) is 12.8 Å². The van der Waals surface area contributed by atoms with Crippen LogP contribution in [0.3, 0.4) is 0 Å². The maximum Gasteiger partial charge on any atom is 0.0624 e. The molecule has 0 aromatic heterocycles. The van der Waals surface area contributed by atoms with Gasteiger partial charge in [0.1, 0.15) is 0 Å². The summed E-state index contributed by atoms with van der Waals surface area (Å²) in [7, 11) is 0. The van der Waals surface area contributed by atoms with Crippen molar-refractivity contribution in [3.05, 3.63) is 24.3 Å². The highest BCUT2D eigenvalue weighted by molar-refractivity contribution is 4.90. The van der Waals surface area contributed by atoms with E-state index >= 15 is 0 Å². The summed E-state index contributed by atoms with van der Waals surface area (Å²) in [5, 5.41) is 16.5. The minimum atomic E-state index is 0.606. The molecule has 0 bridgehead atoms. The third-order valence-electron chi connectivity index (χ3n) is 1.68. The van der Waals surface area contributed by atoms with Gasteiger partial charge in [-0.3, -0.25) is 0 Å². The molecule has 0 aromatic carbocycles. The molecule has 0 N–H and O–H groups in total. The number of allylic oxidation sites excluding steroid dienone is 4. The molecule has 0 rings (SSSR count). The van der Waals surface area contributed by atoms with Crippen molar-refractivity contribution in [3.8, 4) is 12.1 Å². The molecule has 0 fully saturated rings. The average molecular weight is 188 g/mol. The van der Waals surface area contributed by atoms with Crippen molar-refractivity contribution in [1.29, 1.82) is 10.5 Å². The minimum Gasteiger partial charge on any atom is -0.198 e. The van der Waals surface area contributed by atoms with E-state index in [1.807, 2.05) is 12.2 Å². The Bertz CT molecular complexity index is 222. The number of unbranched alkanes of at least 4 members (excludes halogenated alkanes) is 3. The normalized spacial score (nSPS) is 10.4. The lowest BCUT2D eigenvalue weighted by molar-refractivity contribution is 0.991. The van der Waals surface area contributed by atoms with Crippen molar-refractivity contribution < 1.29 is 0 Å². The Morgan fingerprint density at radius 1 is 0.643 bits per heavy atom. The Labute approximate surface area is 86.2 Å². The lowest BCUT2D eigenvalue weighted by Gasteiger charge is -1.87. The molecule has 0 spiro atoms. The Hall–Kier alpha value is -1.54. The molecule has 0 aliphatic heterocycles. The van der Waals surface area contributed by atoms with Crippen LogP contribution in [0.4, 0.5) is 0 Å². The summed E-state index contributed by atoms with van der Waals surface area (Å²) in [6, 6.07) is 4.19. The van der Waals surface area contributed by atoms with E-state index < -0.39 is 0 Å². The van der Waals surface area contributed by atoms with E-state index in [-0.39, 0.29) is 0 Å². The van der Waals surface area contributed by atoms with Gasteiger partial charge in [0.25, 0.3) is 0 Å². The summed E-state index contributed by atoms with van der Waals surface area (Å²) < 4.78 is 0. The van der Waals surface area contributed by atoms with E-state index in [4.69, 9.17) is 10.5 Å². The second-order valence-corrected chi connectivity index (χ2v) is 2.91. The quantitative estimate of drug-likeness (QED) is 0.453. The maximum absolute atomic E-state index is 8.27. The van der Waals surface area contributed by atoms with E-state index in [9.17, 15) is 0 Å². The molecule has 74 valence electrons. The molecule has 0 aromatic rings. The van der Waals surface area contributed by atoms with Gasteiger partial charge >= 0.3 is 0 Å². The molecule has 0 heterocycles. The van der Waals surface area contributed by atoms with E-state index in [1.54, 1.807) is 0 Å².